The standard InChI is InChI=1S/C28H41N5O7S/c1-17-14-33(18(2)16-34)27(35)23-13-22(31-41(37,38)26-19(3)30-40-20(26)4)11-12-24(23)39-25(17)15-32(5)28(36)29-21-9-7-6-8-10-21/h11-13,17-18,21,25,31,34H,6-10,14-16H2,1-5H3,(H,29,36)/t17-,18-,25-/m1/s1. The van der Waals surface area contributed by atoms with Crippen LogP contribution < -0.4 is 14.8 Å². The third-order valence-electron chi connectivity index (χ3n) is 7.89. The van der Waals surface area contributed by atoms with Crippen molar-refractivity contribution < 1.29 is 32.4 Å². The van der Waals surface area contributed by atoms with E-state index in [9.17, 15) is 23.1 Å². The minimum atomic E-state index is -4.05. The van der Waals surface area contributed by atoms with Gasteiger partial charge in [-0.05, 0) is 51.8 Å². The molecule has 1 aliphatic carbocycles. The number of hydrogen-bond acceptors (Lipinski definition) is 8. The summed E-state index contributed by atoms with van der Waals surface area (Å²) in [5, 5.41) is 16.8. The fourth-order valence-corrected chi connectivity index (χ4v) is 6.83. The van der Waals surface area contributed by atoms with Crippen molar-refractivity contribution in [3.63, 3.8) is 0 Å². The van der Waals surface area contributed by atoms with Crippen LogP contribution in [0.15, 0.2) is 27.6 Å². The number of likely N-dealkylation sites (N-methyl/N-ethyl adjacent to an activating group) is 1. The fraction of sp³-hybridized carbons (Fsp3) is 0.607. The third-order valence-corrected chi connectivity index (χ3v) is 9.51. The number of sulfonamides is 1. The Morgan fingerprint density at radius 2 is 1.95 bits per heavy atom. The lowest BCUT2D eigenvalue weighted by atomic mass is 9.96. The molecule has 226 valence electrons. The molecule has 0 unspecified atom stereocenters. The Balaban J connectivity index is 1.60. The first-order valence-corrected chi connectivity index (χ1v) is 15.6. The largest absolute Gasteiger partial charge is 0.487 e. The maximum Gasteiger partial charge on any atom is 0.317 e. The normalized spacial score (nSPS) is 20.8. The number of nitrogens with zero attached hydrogens (tertiary/aromatic N) is 3. The van der Waals surface area contributed by atoms with Crippen molar-refractivity contribution in [1.82, 2.24) is 20.3 Å². The molecule has 2 aromatic rings. The Kier molecular flexibility index (Phi) is 9.48. The van der Waals surface area contributed by atoms with Gasteiger partial charge < -0.3 is 29.5 Å². The highest BCUT2D eigenvalue weighted by molar-refractivity contribution is 7.92. The average Bonchev–Trinajstić information content (AvgIpc) is 3.29. The van der Waals surface area contributed by atoms with E-state index in [0.717, 1.165) is 25.7 Å². The first kappa shape index (κ1) is 30.6. The predicted molar refractivity (Wildman–Crippen MR) is 152 cm³/mol. The van der Waals surface area contributed by atoms with E-state index in [-0.39, 0.29) is 71.0 Å². The summed E-state index contributed by atoms with van der Waals surface area (Å²) in [6, 6.07) is 4.00. The number of fused-ring (bicyclic) bond motifs is 1. The van der Waals surface area contributed by atoms with E-state index < -0.39 is 28.1 Å². The fourth-order valence-electron chi connectivity index (χ4n) is 5.45. The van der Waals surface area contributed by atoms with Crippen molar-refractivity contribution in [2.24, 2.45) is 5.92 Å². The Labute approximate surface area is 241 Å². The van der Waals surface area contributed by atoms with Gasteiger partial charge in [0.05, 0.1) is 24.8 Å². The van der Waals surface area contributed by atoms with Gasteiger partial charge in [0.2, 0.25) is 0 Å². The average molecular weight is 592 g/mol. The number of aryl methyl sites for hydroxylation is 2. The number of urea groups is 1. The van der Waals surface area contributed by atoms with Gasteiger partial charge in [-0.3, -0.25) is 9.52 Å². The van der Waals surface area contributed by atoms with E-state index in [4.69, 9.17) is 9.26 Å². The van der Waals surface area contributed by atoms with Crippen molar-refractivity contribution in [2.45, 2.75) is 82.9 Å². The number of carbonyl (C=O) groups excluding carboxylic acids is 2. The van der Waals surface area contributed by atoms with Crippen molar-refractivity contribution in [1.29, 1.82) is 0 Å². The zero-order chi connectivity index (χ0) is 29.9. The van der Waals surface area contributed by atoms with E-state index in [0.29, 0.717) is 0 Å². The van der Waals surface area contributed by atoms with Crippen LogP contribution in [-0.2, 0) is 10.0 Å². The lowest BCUT2D eigenvalue weighted by Crippen LogP contribution is -2.52. The number of carbonyl (C=O) groups is 2. The number of ether oxygens (including phenoxy) is 1. The quantitative estimate of drug-likeness (QED) is 0.423. The molecule has 3 N–H and O–H groups in total. The zero-order valence-corrected chi connectivity index (χ0v) is 25.2. The number of rotatable bonds is 8. The van der Waals surface area contributed by atoms with Gasteiger partial charge in [0.1, 0.15) is 17.5 Å². The van der Waals surface area contributed by atoms with Crippen molar-refractivity contribution in [3.8, 4) is 5.75 Å². The molecule has 1 aromatic carbocycles. The predicted octanol–water partition coefficient (Wildman–Crippen LogP) is 3.29. The minimum absolute atomic E-state index is 0.0641. The molecule has 3 atom stereocenters. The molecular weight excluding hydrogens is 550 g/mol. The van der Waals surface area contributed by atoms with Crippen LogP contribution in [0, 0.1) is 19.8 Å². The highest BCUT2D eigenvalue weighted by atomic mass is 32.2. The lowest BCUT2D eigenvalue weighted by Gasteiger charge is -2.38. The van der Waals surface area contributed by atoms with Crippen LogP contribution in [0.25, 0.3) is 0 Å². The van der Waals surface area contributed by atoms with Gasteiger partial charge in [-0.25, -0.2) is 13.2 Å². The number of aromatic nitrogens is 1. The molecule has 41 heavy (non-hydrogen) atoms. The molecule has 2 heterocycles. The van der Waals surface area contributed by atoms with Gasteiger partial charge in [0.15, 0.2) is 10.7 Å². The molecular formula is C28H41N5O7S. The van der Waals surface area contributed by atoms with Gasteiger partial charge in [-0.1, -0.05) is 31.3 Å². The maximum atomic E-state index is 13.7. The molecule has 1 fully saturated rings. The highest BCUT2D eigenvalue weighted by Crippen LogP contribution is 2.32. The van der Waals surface area contributed by atoms with Crippen LogP contribution >= 0.6 is 0 Å². The van der Waals surface area contributed by atoms with Gasteiger partial charge >= 0.3 is 6.03 Å². The lowest BCUT2D eigenvalue weighted by molar-refractivity contribution is 0.0366. The van der Waals surface area contributed by atoms with E-state index >= 15 is 0 Å². The number of nitrogens with one attached hydrogen (secondary N) is 2. The first-order chi connectivity index (χ1) is 19.4. The van der Waals surface area contributed by atoms with E-state index in [2.05, 4.69) is 15.2 Å². The highest BCUT2D eigenvalue weighted by Gasteiger charge is 2.35. The monoisotopic (exact) mass is 591 g/mol. The van der Waals surface area contributed by atoms with Crippen LogP contribution in [0.4, 0.5) is 10.5 Å². The van der Waals surface area contributed by atoms with Crippen LogP contribution in [0.1, 0.15) is 67.8 Å². The van der Waals surface area contributed by atoms with E-state index in [1.165, 1.54) is 32.4 Å². The Hall–Kier alpha value is -3.32. The first-order valence-electron chi connectivity index (χ1n) is 14.1. The van der Waals surface area contributed by atoms with Gasteiger partial charge in [0.25, 0.3) is 15.9 Å². The summed E-state index contributed by atoms with van der Waals surface area (Å²) in [5.41, 5.74) is 0.527. The second-order valence-electron chi connectivity index (χ2n) is 11.3. The molecule has 2 aliphatic rings. The Morgan fingerprint density at radius 1 is 1.24 bits per heavy atom. The summed E-state index contributed by atoms with van der Waals surface area (Å²) >= 11 is 0. The molecule has 13 heteroatoms. The summed E-state index contributed by atoms with van der Waals surface area (Å²) in [4.78, 5) is 29.8. The van der Waals surface area contributed by atoms with Crippen LogP contribution in [0.5, 0.6) is 5.75 Å². The minimum Gasteiger partial charge on any atom is -0.487 e. The zero-order valence-electron chi connectivity index (χ0n) is 24.3. The number of aliphatic hydroxyl groups is 1. The number of anilines is 1. The van der Waals surface area contributed by atoms with Gasteiger partial charge in [-0.15, -0.1) is 0 Å². The second-order valence-corrected chi connectivity index (χ2v) is 12.9. The topological polar surface area (TPSA) is 154 Å². The van der Waals surface area contributed by atoms with Gasteiger partial charge in [0, 0.05) is 31.2 Å². The summed E-state index contributed by atoms with van der Waals surface area (Å²) in [6.07, 6.45) is 4.89. The van der Waals surface area contributed by atoms with E-state index in [1.54, 1.807) is 29.8 Å². The number of hydrogen-bond donors (Lipinski definition) is 3. The summed E-state index contributed by atoms with van der Waals surface area (Å²) in [6.45, 7) is 7.03. The SMILES string of the molecule is Cc1noc(C)c1S(=O)(=O)Nc1ccc2c(c1)C(=O)N([C@H](C)CO)C[C@@H](C)[C@@H](CN(C)C(=O)NC1CCCCC1)O2. The van der Waals surface area contributed by atoms with Crippen molar-refractivity contribution in [3.05, 3.63) is 35.2 Å². The third kappa shape index (κ3) is 6.95. The van der Waals surface area contributed by atoms with Crippen molar-refractivity contribution in [2.75, 3.05) is 31.5 Å². The molecule has 0 radical (unpaired) electrons. The summed E-state index contributed by atoms with van der Waals surface area (Å²) in [7, 11) is -2.32. The number of aliphatic hydroxyl groups excluding tert-OH is 1. The van der Waals surface area contributed by atoms with Gasteiger partial charge in [-0.2, -0.15) is 0 Å². The molecule has 12 nitrogen and oxygen atoms in total. The second kappa shape index (κ2) is 12.7. The van der Waals surface area contributed by atoms with Crippen LogP contribution in [0.3, 0.4) is 0 Å². The molecule has 0 spiro atoms. The summed E-state index contributed by atoms with van der Waals surface area (Å²) < 4.78 is 40.1. The number of benzene rings is 1. The van der Waals surface area contributed by atoms with Crippen LogP contribution in [0.2, 0.25) is 0 Å². The van der Waals surface area contributed by atoms with E-state index in [1.807, 2.05) is 6.92 Å². The molecule has 1 saturated carbocycles. The maximum absolute atomic E-state index is 13.7. The summed E-state index contributed by atoms with van der Waals surface area (Å²) in [5.74, 6) is -0.155. The smallest absolute Gasteiger partial charge is 0.317 e. The number of amides is 3. The molecule has 0 saturated heterocycles. The Morgan fingerprint density at radius 3 is 2.59 bits per heavy atom. The molecule has 4 rings (SSSR count). The molecule has 1 aliphatic heterocycles. The Bertz CT molecular complexity index is 1340. The van der Waals surface area contributed by atoms with Crippen molar-refractivity contribution >= 4 is 27.6 Å². The molecule has 1 aromatic heterocycles. The van der Waals surface area contributed by atoms with Crippen LogP contribution in [-0.4, -0.2) is 85.4 Å². The molecule has 0 bridgehead atoms. The molecule has 3 amide bonds.